The van der Waals surface area contributed by atoms with Crippen molar-refractivity contribution in [1.29, 1.82) is 0 Å². The van der Waals surface area contributed by atoms with Crippen molar-refractivity contribution in [1.82, 2.24) is 19.3 Å². The van der Waals surface area contributed by atoms with Gasteiger partial charge < -0.3 is 14.8 Å². The summed E-state index contributed by atoms with van der Waals surface area (Å²) < 4.78 is 17.6. The molecular formula is C27H22Cl2FN5O2S. The van der Waals surface area contributed by atoms with Gasteiger partial charge in [0.15, 0.2) is 5.13 Å². The fraction of sp³-hybridized carbons (Fsp3) is 0.222. The van der Waals surface area contributed by atoms with Gasteiger partial charge in [0.05, 0.1) is 20.8 Å². The van der Waals surface area contributed by atoms with E-state index in [2.05, 4.69) is 16.0 Å². The van der Waals surface area contributed by atoms with Gasteiger partial charge in [-0.3, -0.25) is 14.0 Å². The Morgan fingerprint density at radius 2 is 1.92 bits per heavy atom. The number of carbonyl (C=O) groups excluding carboxylic acids is 1. The monoisotopic (exact) mass is 569 g/mol. The number of hydrogen-bond donors (Lipinski definition) is 1. The van der Waals surface area contributed by atoms with Crippen LogP contribution in [0.15, 0.2) is 59.5 Å². The number of carbonyl (C=O) groups is 1. The molecule has 0 atom stereocenters. The summed E-state index contributed by atoms with van der Waals surface area (Å²) in [4.78, 5) is 37.0. The predicted molar refractivity (Wildman–Crippen MR) is 150 cm³/mol. The largest absolute Gasteiger partial charge is 0.346 e. The Hall–Kier alpha value is -3.40. The van der Waals surface area contributed by atoms with Gasteiger partial charge in [0, 0.05) is 44.5 Å². The first-order valence-electron chi connectivity index (χ1n) is 12.1. The molecule has 11 heteroatoms. The van der Waals surface area contributed by atoms with E-state index in [0.717, 1.165) is 28.3 Å². The number of nitrogens with zero attached hydrogens (tertiary/aromatic N) is 4. The number of H-pyrrole nitrogens is 1. The number of para-hydroxylation sites is 1. The number of nitrogens with one attached hydrogen (secondary N) is 1. The van der Waals surface area contributed by atoms with Crippen LogP contribution in [0.2, 0.25) is 10.2 Å². The van der Waals surface area contributed by atoms with Crippen LogP contribution < -0.4 is 10.5 Å². The molecule has 0 radical (unpaired) electrons. The van der Waals surface area contributed by atoms with Crippen molar-refractivity contribution in [2.75, 3.05) is 31.1 Å². The Morgan fingerprint density at radius 1 is 1.08 bits per heavy atom. The van der Waals surface area contributed by atoms with Gasteiger partial charge >= 0.3 is 0 Å². The second-order valence-electron chi connectivity index (χ2n) is 9.20. The molecule has 0 saturated carbocycles. The lowest BCUT2D eigenvalue weighted by Gasteiger charge is -2.22. The van der Waals surface area contributed by atoms with Gasteiger partial charge in [0.1, 0.15) is 16.5 Å². The first-order valence-corrected chi connectivity index (χ1v) is 13.7. The average Bonchev–Trinajstić information content (AvgIpc) is 3.38. The van der Waals surface area contributed by atoms with Crippen LogP contribution in [-0.4, -0.2) is 51.4 Å². The summed E-state index contributed by atoms with van der Waals surface area (Å²) in [5, 5.41) is 1.42. The van der Waals surface area contributed by atoms with E-state index in [1.807, 2.05) is 18.2 Å². The van der Waals surface area contributed by atoms with Crippen molar-refractivity contribution in [2.24, 2.45) is 0 Å². The summed E-state index contributed by atoms with van der Waals surface area (Å²) >= 11 is 14.1. The highest BCUT2D eigenvalue weighted by Crippen LogP contribution is 2.30. The molecule has 1 amide bonds. The van der Waals surface area contributed by atoms with E-state index in [4.69, 9.17) is 28.2 Å². The molecule has 0 aliphatic carbocycles. The highest BCUT2D eigenvalue weighted by Gasteiger charge is 2.24. The van der Waals surface area contributed by atoms with E-state index in [0.29, 0.717) is 42.8 Å². The van der Waals surface area contributed by atoms with Crippen molar-refractivity contribution in [3.63, 3.8) is 0 Å². The Labute approximate surface area is 231 Å². The Kier molecular flexibility index (Phi) is 6.59. The van der Waals surface area contributed by atoms with E-state index in [1.54, 1.807) is 39.0 Å². The number of halogens is 3. The van der Waals surface area contributed by atoms with Crippen molar-refractivity contribution in [3.8, 4) is 0 Å². The van der Waals surface area contributed by atoms with Crippen molar-refractivity contribution in [2.45, 2.75) is 12.8 Å². The van der Waals surface area contributed by atoms with Crippen LogP contribution in [0.1, 0.15) is 28.0 Å². The second kappa shape index (κ2) is 10.1. The number of rotatable bonds is 4. The summed E-state index contributed by atoms with van der Waals surface area (Å²) in [6.07, 6.45) is 2.61. The van der Waals surface area contributed by atoms with Gasteiger partial charge in [-0.05, 0) is 42.3 Å². The maximum atomic E-state index is 14.9. The summed E-state index contributed by atoms with van der Waals surface area (Å²) in [5.74, 6) is -0.913. The van der Waals surface area contributed by atoms with Crippen LogP contribution in [-0.2, 0) is 6.42 Å². The molecule has 7 nitrogen and oxygen atoms in total. The molecule has 1 N–H and O–H groups in total. The van der Waals surface area contributed by atoms with Gasteiger partial charge in [-0.15, -0.1) is 0 Å². The minimum absolute atomic E-state index is 0.0215. The molecule has 3 aromatic heterocycles. The van der Waals surface area contributed by atoms with Crippen molar-refractivity contribution >= 4 is 61.3 Å². The standard InChI is InChI=1S/C27H22Cl2FN5O2S/c28-19-14-22-25(36)31-15-17(35(22)24(19)29)12-16-6-7-20(30)18(13-16)26(37)33-8-3-9-34(11-10-33)27-32-21-4-1-2-5-23(21)38-27/h1-2,4-7,13-15H,3,8-12H2,(H,31,36). The van der Waals surface area contributed by atoms with E-state index >= 15 is 0 Å². The lowest BCUT2D eigenvalue weighted by atomic mass is 10.0. The van der Waals surface area contributed by atoms with Gasteiger partial charge in [0.25, 0.3) is 11.5 Å². The minimum atomic E-state index is -0.570. The van der Waals surface area contributed by atoms with Gasteiger partial charge in [-0.1, -0.05) is 52.7 Å². The van der Waals surface area contributed by atoms with Gasteiger partial charge in [0.2, 0.25) is 0 Å². The number of aromatic amines is 1. The highest BCUT2D eigenvalue weighted by atomic mass is 35.5. The third-order valence-electron chi connectivity index (χ3n) is 6.77. The molecule has 5 aromatic rings. The topological polar surface area (TPSA) is 73.7 Å². The first-order chi connectivity index (χ1) is 18.4. The molecule has 1 fully saturated rings. The number of anilines is 1. The quantitative estimate of drug-likeness (QED) is 0.304. The van der Waals surface area contributed by atoms with Gasteiger partial charge in [-0.2, -0.15) is 0 Å². The molecular weight excluding hydrogens is 548 g/mol. The molecule has 0 bridgehead atoms. The number of thiazole rings is 1. The summed E-state index contributed by atoms with van der Waals surface area (Å²) in [6.45, 7) is 2.39. The second-order valence-corrected chi connectivity index (χ2v) is 11.0. The predicted octanol–water partition coefficient (Wildman–Crippen LogP) is 5.63. The zero-order valence-corrected chi connectivity index (χ0v) is 22.4. The van der Waals surface area contributed by atoms with E-state index in [9.17, 15) is 14.0 Å². The first kappa shape index (κ1) is 24.9. The van der Waals surface area contributed by atoms with Crippen LogP contribution in [0.5, 0.6) is 0 Å². The Bertz CT molecular complexity index is 1710. The van der Waals surface area contributed by atoms with E-state index in [-0.39, 0.29) is 27.2 Å². The molecule has 0 spiro atoms. The third-order valence-corrected chi connectivity index (χ3v) is 8.62. The van der Waals surface area contributed by atoms with Crippen molar-refractivity contribution < 1.29 is 9.18 Å². The fourth-order valence-electron chi connectivity index (χ4n) is 4.85. The summed E-state index contributed by atoms with van der Waals surface area (Å²) in [6, 6.07) is 14.0. The lowest BCUT2D eigenvalue weighted by Crippen LogP contribution is -2.35. The zero-order chi connectivity index (χ0) is 26.4. The molecule has 1 aliphatic heterocycles. The van der Waals surface area contributed by atoms with Crippen LogP contribution in [0.3, 0.4) is 0 Å². The van der Waals surface area contributed by atoms with Crippen LogP contribution in [0.4, 0.5) is 9.52 Å². The normalized spacial score (nSPS) is 14.4. The molecule has 4 heterocycles. The van der Waals surface area contributed by atoms with E-state index < -0.39 is 5.82 Å². The number of benzene rings is 2. The average molecular weight is 570 g/mol. The highest BCUT2D eigenvalue weighted by molar-refractivity contribution is 7.22. The maximum Gasteiger partial charge on any atom is 0.272 e. The van der Waals surface area contributed by atoms with Crippen LogP contribution >= 0.6 is 34.5 Å². The summed E-state index contributed by atoms with van der Waals surface area (Å²) in [5.41, 5.74) is 2.34. The van der Waals surface area contributed by atoms with Crippen LogP contribution in [0, 0.1) is 5.82 Å². The number of aromatic nitrogens is 3. The zero-order valence-electron chi connectivity index (χ0n) is 20.1. The SMILES string of the molecule is O=C(c1cc(Cc2c[nH]c(=O)c3cc(Cl)c(Cl)n23)ccc1F)N1CCCN(c2nc3ccccc3s2)CC1. The molecule has 1 saturated heterocycles. The molecule has 6 rings (SSSR count). The molecule has 0 unspecified atom stereocenters. The molecule has 1 aliphatic rings. The maximum absolute atomic E-state index is 14.9. The molecule has 194 valence electrons. The third kappa shape index (κ3) is 4.55. The fourth-order valence-corrected chi connectivity index (χ4v) is 6.31. The molecule has 2 aromatic carbocycles. The van der Waals surface area contributed by atoms with Crippen LogP contribution in [0.25, 0.3) is 15.7 Å². The Balaban J connectivity index is 1.22. The minimum Gasteiger partial charge on any atom is -0.346 e. The van der Waals surface area contributed by atoms with Gasteiger partial charge in [-0.25, -0.2) is 9.37 Å². The molecule has 38 heavy (non-hydrogen) atoms. The van der Waals surface area contributed by atoms with Crippen molar-refractivity contribution in [3.05, 3.63) is 97.9 Å². The van der Waals surface area contributed by atoms with E-state index in [1.165, 1.54) is 12.1 Å². The number of hydrogen-bond acceptors (Lipinski definition) is 5. The number of amides is 1. The Morgan fingerprint density at radius 3 is 2.76 bits per heavy atom. The lowest BCUT2D eigenvalue weighted by molar-refractivity contribution is 0.0762. The number of fused-ring (bicyclic) bond motifs is 2. The summed E-state index contributed by atoms with van der Waals surface area (Å²) in [7, 11) is 0. The smallest absolute Gasteiger partial charge is 0.272 e.